The van der Waals surface area contributed by atoms with Crippen molar-refractivity contribution < 1.29 is 4.79 Å². The Kier molecular flexibility index (Phi) is 4.58. The molecule has 2 fully saturated rings. The largest absolute Gasteiger partial charge is 0.360 e. The molecule has 138 valence electrons. The zero-order valence-corrected chi connectivity index (χ0v) is 15.3. The molecule has 2 aliphatic heterocycles. The van der Waals surface area contributed by atoms with E-state index in [1.807, 2.05) is 25.1 Å². The highest BCUT2D eigenvalue weighted by atomic mass is 16.2. The molecule has 0 radical (unpaired) electrons. The van der Waals surface area contributed by atoms with Crippen molar-refractivity contribution in [2.75, 3.05) is 34.8 Å². The van der Waals surface area contributed by atoms with E-state index in [0.29, 0.717) is 11.3 Å². The maximum Gasteiger partial charge on any atom is 0.262 e. The Hall–Kier alpha value is -3.22. The number of nitrogens with zero attached hydrogens (tertiary/aromatic N) is 4. The minimum absolute atomic E-state index is 0.181. The molecule has 2 aromatic heterocycles. The summed E-state index contributed by atoms with van der Waals surface area (Å²) in [5.74, 6) is 0.800. The van der Waals surface area contributed by atoms with Crippen LogP contribution in [0.25, 0.3) is 0 Å². The number of amides is 1. The van der Waals surface area contributed by atoms with Gasteiger partial charge in [0.05, 0.1) is 29.7 Å². The van der Waals surface area contributed by atoms with Crippen LogP contribution in [0, 0.1) is 12.3 Å². The minimum Gasteiger partial charge on any atom is -0.360 e. The molecule has 2 aromatic rings. The van der Waals surface area contributed by atoms with Gasteiger partial charge in [0.2, 0.25) is 0 Å². The van der Waals surface area contributed by atoms with Crippen LogP contribution in [0.3, 0.4) is 0 Å². The lowest BCUT2D eigenvalue weighted by Crippen LogP contribution is -2.25. The summed E-state index contributed by atoms with van der Waals surface area (Å²) in [4.78, 5) is 25.2. The van der Waals surface area contributed by atoms with Gasteiger partial charge >= 0.3 is 0 Å². The lowest BCUT2D eigenvalue weighted by molar-refractivity contribution is -0.114. The monoisotopic (exact) mass is 362 g/mol. The molecular formula is C20H22N6O. The maximum atomic E-state index is 12.7. The fourth-order valence-electron chi connectivity index (χ4n) is 3.41. The molecule has 0 unspecified atom stereocenters. The van der Waals surface area contributed by atoms with E-state index in [1.54, 1.807) is 29.6 Å². The number of nitrogens with one attached hydrogen (secondary N) is 2. The molecule has 0 bridgehead atoms. The van der Waals surface area contributed by atoms with E-state index in [2.05, 4.69) is 20.2 Å². The normalized spacial score (nSPS) is 18.6. The first-order valence-corrected chi connectivity index (χ1v) is 9.12. The van der Waals surface area contributed by atoms with Gasteiger partial charge in [0.1, 0.15) is 5.82 Å². The Bertz CT molecular complexity index is 899. The highest BCUT2D eigenvalue weighted by molar-refractivity contribution is 6.32. The van der Waals surface area contributed by atoms with Gasteiger partial charge < -0.3 is 20.5 Å². The van der Waals surface area contributed by atoms with Gasteiger partial charge in [-0.2, -0.15) is 0 Å². The van der Waals surface area contributed by atoms with Crippen LogP contribution in [0.4, 0.5) is 17.2 Å². The number of aryl methyl sites for hydroxylation is 1. The van der Waals surface area contributed by atoms with Crippen molar-refractivity contribution in [3.8, 4) is 0 Å². The highest BCUT2D eigenvalue weighted by Gasteiger charge is 2.32. The molecule has 4 rings (SSSR count). The van der Waals surface area contributed by atoms with Crippen molar-refractivity contribution in [2.24, 2.45) is 0 Å². The van der Waals surface area contributed by atoms with Gasteiger partial charge in [-0.05, 0) is 44.0 Å². The molecule has 1 amide bonds. The maximum absolute atomic E-state index is 12.7. The second kappa shape index (κ2) is 7.19. The Labute approximate surface area is 158 Å². The van der Waals surface area contributed by atoms with E-state index in [-0.39, 0.29) is 12.5 Å². The molecule has 7 heteroatoms. The van der Waals surface area contributed by atoms with E-state index >= 15 is 0 Å². The summed E-state index contributed by atoms with van der Waals surface area (Å²) in [7, 11) is 0. The number of hydrogen-bond donors (Lipinski definition) is 2. The third-order valence-corrected chi connectivity index (χ3v) is 4.87. The van der Waals surface area contributed by atoms with Crippen molar-refractivity contribution in [3.63, 3.8) is 0 Å². The molecule has 2 N–H and O–H groups in total. The van der Waals surface area contributed by atoms with Gasteiger partial charge in [-0.3, -0.25) is 9.78 Å². The zero-order chi connectivity index (χ0) is 18.8. The van der Waals surface area contributed by atoms with Gasteiger partial charge in [-0.15, -0.1) is 0 Å². The number of hydrogen-bond acceptors (Lipinski definition) is 6. The molecule has 7 nitrogen and oxygen atoms in total. The highest BCUT2D eigenvalue weighted by Crippen LogP contribution is 2.24. The first-order valence-electron chi connectivity index (χ1n) is 9.12. The fourth-order valence-corrected chi connectivity index (χ4v) is 3.41. The van der Waals surface area contributed by atoms with Crippen LogP contribution >= 0.6 is 0 Å². The quantitative estimate of drug-likeness (QED) is 0.817. The van der Waals surface area contributed by atoms with Crippen LogP contribution in [-0.4, -0.2) is 41.2 Å². The lowest BCUT2D eigenvalue weighted by Gasteiger charge is -2.16. The first-order chi connectivity index (χ1) is 13.1. The molecule has 2 aliphatic rings. The number of rotatable bonds is 4. The number of aromatic nitrogens is 2. The third-order valence-electron chi connectivity index (χ3n) is 4.87. The summed E-state index contributed by atoms with van der Waals surface area (Å²) in [5.41, 5.74) is 3.06. The van der Waals surface area contributed by atoms with Crippen molar-refractivity contribution in [2.45, 2.75) is 19.8 Å². The Balaban J connectivity index is 1.47. The molecule has 27 heavy (non-hydrogen) atoms. The van der Waals surface area contributed by atoms with Crippen molar-refractivity contribution in [1.82, 2.24) is 9.97 Å². The topological polar surface area (TPSA) is 85.2 Å². The van der Waals surface area contributed by atoms with E-state index in [4.69, 9.17) is 5.41 Å². The van der Waals surface area contributed by atoms with Crippen molar-refractivity contribution in [3.05, 3.63) is 54.1 Å². The average Bonchev–Trinajstić information content (AvgIpc) is 3.30. The molecule has 0 atom stereocenters. The molecule has 0 spiro atoms. The number of anilines is 3. The van der Waals surface area contributed by atoms with E-state index < -0.39 is 0 Å². The van der Waals surface area contributed by atoms with Crippen molar-refractivity contribution in [1.29, 1.82) is 5.41 Å². The fraction of sp³-hybridized carbons (Fsp3) is 0.300. The van der Waals surface area contributed by atoms with Crippen LogP contribution in [0.2, 0.25) is 0 Å². The smallest absolute Gasteiger partial charge is 0.262 e. The number of carbonyl (C=O) groups excluding carboxylic acids is 1. The summed E-state index contributed by atoms with van der Waals surface area (Å²) >= 11 is 0. The van der Waals surface area contributed by atoms with Crippen molar-refractivity contribution >= 4 is 28.8 Å². The third kappa shape index (κ3) is 3.53. The molecule has 4 heterocycles. The molecule has 0 saturated carbocycles. The number of pyridine rings is 2. The Morgan fingerprint density at radius 2 is 2.00 bits per heavy atom. The van der Waals surface area contributed by atoms with E-state index in [0.717, 1.165) is 36.0 Å². The van der Waals surface area contributed by atoms with Gasteiger partial charge in [0, 0.05) is 36.9 Å². The molecule has 0 aliphatic carbocycles. The van der Waals surface area contributed by atoms with E-state index in [1.165, 1.54) is 12.8 Å². The predicted octanol–water partition coefficient (Wildman–Crippen LogP) is 2.75. The van der Waals surface area contributed by atoms with Crippen LogP contribution in [0.5, 0.6) is 0 Å². The van der Waals surface area contributed by atoms with Crippen LogP contribution in [0.15, 0.2) is 48.4 Å². The summed E-state index contributed by atoms with van der Waals surface area (Å²) in [5, 5.41) is 11.3. The molecule has 0 aromatic carbocycles. The van der Waals surface area contributed by atoms with Crippen LogP contribution < -0.4 is 15.1 Å². The second-order valence-corrected chi connectivity index (χ2v) is 6.83. The first kappa shape index (κ1) is 17.2. The summed E-state index contributed by atoms with van der Waals surface area (Å²) in [6.45, 7) is 4.26. The average molecular weight is 362 g/mol. The van der Waals surface area contributed by atoms with E-state index in [9.17, 15) is 4.79 Å². The molecular weight excluding hydrogens is 340 g/mol. The van der Waals surface area contributed by atoms with Gasteiger partial charge in [-0.1, -0.05) is 0 Å². The van der Waals surface area contributed by atoms with Gasteiger partial charge in [0.15, 0.2) is 0 Å². The lowest BCUT2D eigenvalue weighted by atomic mass is 10.2. The summed E-state index contributed by atoms with van der Waals surface area (Å²) < 4.78 is 0. The summed E-state index contributed by atoms with van der Waals surface area (Å²) in [6.07, 6.45) is 7.47. The Morgan fingerprint density at radius 3 is 2.70 bits per heavy atom. The second-order valence-electron chi connectivity index (χ2n) is 6.83. The van der Waals surface area contributed by atoms with Gasteiger partial charge in [-0.25, -0.2) is 4.98 Å². The zero-order valence-electron chi connectivity index (χ0n) is 15.3. The van der Waals surface area contributed by atoms with Crippen LogP contribution in [-0.2, 0) is 4.79 Å². The van der Waals surface area contributed by atoms with Crippen LogP contribution in [0.1, 0.15) is 18.5 Å². The molecule has 2 saturated heterocycles. The predicted molar refractivity (Wildman–Crippen MR) is 106 cm³/mol. The Morgan fingerprint density at radius 1 is 1.19 bits per heavy atom. The SMILES string of the molecule is Cc1cc(N2CC(=N)/C(=C\Nc3ccc(N4CCCC4)nc3)C2=O)ccn1. The standard InChI is InChI=1S/C20H22N6O/c1-14-10-16(6-7-22-14)26-13-18(21)17(20(26)27)12-23-15-4-5-19(24-11-15)25-8-2-3-9-25/h4-7,10-12,21,23H,2-3,8-9,13H2,1H3/b17-12+,21-18?. The minimum atomic E-state index is -0.181. The van der Waals surface area contributed by atoms with Gasteiger partial charge in [0.25, 0.3) is 5.91 Å². The number of carbonyl (C=O) groups is 1. The summed E-state index contributed by atoms with van der Waals surface area (Å²) in [6, 6.07) is 7.57.